The molecule has 0 radical (unpaired) electrons. The number of alkyl carbamates (subject to hydrolysis) is 1. The van der Waals surface area contributed by atoms with Crippen molar-refractivity contribution < 1.29 is 37.4 Å². The lowest BCUT2D eigenvalue weighted by molar-refractivity contribution is -0.190. The first kappa shape index (κ1) is 36.3. The maximum absolute atomic E-state index is 15.4. The Morgan fingerprint density at radius 2 is 1.14 bits per heavy atom. The summed E-state index contributed by atoms with van der Waals surface area (Å²) >= 11 is 0. The summed E-state index contributed by atoms with van der Waals surface area (Å²) in [5.41, 5.74) is -6.25. The molecule has 0 bridgehead atoms. The summed E-state index contributed by atoms with van der Waals surface area (Å²) in [6, 6.07) is 18.4. The number of nitrogens with one attached hydrogen (secondary N) is 1. The Bertz CT molecular complexity index is 1590. The molecular weight excluding hydrogens is 632 g/mol. The van der Waals surface area contributed by atoms with Gasteiger partial charge >= 0.3 is 12.1 Å². The van der Waals surface area contributed by atoms with Crippen LogP contribution >= 0.6 is 0 Å². The van der Waals surface area contributed by atoms with Crippen LogP contribution in [0.15, 0.2) is 60.7 Å². The number of likely N-dealkylation sites (tertiary alicyclic amines) is 2. The number of amides is 3. The molecule has 2 aliphatic carbocycles. The highest BCUT2D eigenvalue weighted by molar-refractivity contribution is 5.99. The van der Waals surface area contributed by atoms with Gasteiger partial charge in [0.15, 0.2) is 0 Å². The molecule has 2 saturated heterocycles. The number of esters is 1. The predicted molar refractivity (Wildman–Crippen MR) is 180 cm³/mol. The quantitative estimate of drug-likeness (QED) is 0.338. The number of carbonyl (C=O) groups excluding carboxylic acids is 4. The maximum atomic E-state index is 15.4. The van der Waals surface area contributed by atoms with Crippen molar-refractivity contribution in [3.05, 3.63) is 71.8 Å². The minimum atomic E-state index is -2.13. The number of hydrogen-bond acceptors (Lipinski definition) is 6. The molecule has 49 heavy (non-hydrogen) atoms. The van der Waals surface area contributed by atoms with Gasteiger partial charge in [-0.2, -0.15) is 0 Å². The van der Waals surface area contributed by atoms with E-state index < -0.39 is 57.4 Å². The molecule has 0 unspecified atom stereocenters. The van der Waals surface area contributed by atoms with E-state index in [-0.39, 0.29) is 38.0 Å². The molecule has 2 heterocycles. The van der Waals surface area contributed by atoms with E-state index in [1.807, 2.05) is 74.5 Å². The van der Waals surface area contributed by atoms with Gasteiger partial charge in [-0.05, 0) is 92.2 Å². The Balaban J connectivity index is 0.000000191. The Morgan fingerprint density at radius 3 is 1.55 bits per heavy atom. The summed E-state index contributed by atoms with van der Waals surface area (Å²) < 4.78 is 41.5. The second-order valence-corrected chi connectivity index (χ2v) is 15.9. The number of hydrogen-bond donors (Lipinski definition) is 1. The summed E-state index contributed by atoms with van der Waals surface area (Å²) in [6.45, 7) is 14.5. The van der Waals surface area contributed by atoms with E-state index in [4.69, 9.17) is 9.47 Å². The monoisotopic (exact) mass is 681 g/mol. The van der Waals surface area contributed by atoms with Gasteiger partial charge in [-0.25, -0.2) is 13.6 Å². The molecule has 9 nitrogen and oxygen atoms in total. The van der Waals surface area contributed by atoms with Crippen LogP contribution < -0.4 is 5.32 Å². The minimum absolute atomic E-state index is 0.0767. The Morgan fingerprint density at radius 1 is 0.694 bits per heavy atom. The van der Waals surface area contributed by atoms with E-state index in [1.54, 1.807) is 41.5 Å². The fraction of sp³-hybridized carbons (Fsp3) is 0.579. The number of nitrogens with zero attached hydrogens (tertiary/aromatic N) is 2. The van der Waals surface area contributed by atoms with E-state index in [1.165, 1.54) is 9.80 Å². The van der Waals surface area contributed by atoms with Crippen molar-refractivity contribution in [2.24, 2.45) is 5.41 Å². The standard InChI is InChI=1S/C19H25FN2O3.C19H24FNO3/c1-13(14-8-6-5-7-9-14)22-12-18(10-11-19(18,20)15(22)23)21-16(24)25-17(2,3)4;1-13(14-8-6-5-7-9-14)21-12-18(16(23)24-17(2,3)4)10-11-19(18,20)15(21)22/h5-9,13H,10-12H2,1-4H3,(H,21,24);5-9,13H,10-12H2,1-4H3/t13-,18-,19+;13-,18+,19+/m11/s1. The molecule has 2 saturated carbocycles. The third-order valence-electron chi connectivity index (χ3n) is 10.4. The Labute approximate surface area is 287 Å². The van der Waals surface area contributed by atoms with Crippen LogP contribution in [0.5, 0.6) is 0 Å². The van der Waals surface area contributed by atoms with Crippen LogP contribution in [0, 0.1) is 5.41 Å². The van der Waals surface area contributed by atoms with Gasteiger partial charge in [0.1, 0.15) is 22.2 Å². The van der Waals surface area contributed by atoms with Crippen molar-refractivity contribution in [2.75, 3.05) is 13.1 Å². The van der Waals surface area contributed by atoms with E-state index >= 15 is 8.78 Å². The highest BCUT2D eigenvalue weighted by Crippen LogP contribution is 2.60. The third kappa shape index (κ3) is 6.29. The third-order valence-corrected chi connectivity index (χ3v) is 10.4. The summed E-state index contributed by atoms with van der Waals surface area (Å²) in [5.74, 6) is -1.73. The van der Waals surface area contributed by atoms with Crippen molar-refractivity contribution in [1.29, 1.82) is 0 Å². The van der Waals surface area contributed by atoms with Gasteiger partial charge in [-0.3, -0.25) is 14.4 Å². The molecule has 4 fully saturated rings. The van der Waals surface area contributed by atoms with Crippen molar-refractivity contribution >= 4 is 23.9 Å². The molecule has 2 aromatic rings. The van der Waals surface area contributed by atoms with E-state index in [9.17, 15) is 19.2 Å². The number of ether oxygens (including phenoxy) is 2. The Kier molecular flexibility index (Phi) is 9.17. The van der Waals surface area contributed by atoms with Gasteiger partial charge in [0.25, 0.3) is 11.8 Å². The van der Waals surface area contributed by atoms with Gasteiger partial charge in [-0.1, -0.05) is 60.7 Å². The second kappa shape index (κ2) is 12.4. The average molecular weight is 682 g/mol. The van der Waals surface area contributed by atoms with Crippen molar-refractivity contribution in [3.63, 3.8) is 0 Å². The highest BCUT2D eigenvalue weighted by atomic mass is 19.1. The van der Waals surface area contributed by atoms with Crippen molar-refractivity contribution in [3.8, 4) is 0 Å². The fourth-order valence-electron chi connectivity index (χ4n) is 7.36. The number of alkyl halides is 2. The van der Waals surface area contributed by atoms with E-state index in [0.29, 0.717) is 12.8 Å². The van der Waals surface area contributed by atoms with Crippen LogP contribution in [0.25, 0.3) is 0 Å². The number of fused-ring (bicyclic) bond motifs is 2. The smallest absolute Gasteiger partial charge is 0.408 e. The molecule has 266 valence electrons. The predicted octanol–water partition coefficient (Wildman–Crippen LogP) is 6.78. The molecule has 1 N–H and O–H groups in total. The molecule has 0 spiro atoms. The molecule has 3 amide bonds. The van der Waals surface area contributed by atoms with E-state index in [0.717, 1.165) is 11.1 Å². The SMILES string of the molecule is C[C@H](c1ccccc1)N1C[C@]2(C(=O)OC(C)(C)C)CC[C@]2(F)C1=O.C[C@H](c1ccccc1)N1C[C@]2(NC(=O)OC(C)(C)C)CC[C@]2(F)C1=O. The van der Waals surface area contributed by atoms with E-state index in [2.05, 4.69) is 5.32 Å². The molecule has 0 aromatic heterocycles. The van der Waals surface area contributed by atoms with Crippen LogP contribution in [0.1, 0.15) is 104 Å². The zero-order valence-electron chi connectivity index (χ0n) is 29.8. The first-order valence-electron chi connectivity index (χ1n) is 17.0. The molecular formula is C38H49F2N3O6. The van der Waals surface area contributed by atoms with Crippen LogP contribution in [0.2, 0.25) is 0 Å². The van der Waals surface area contributed by atoms with Crippen LogP contribution in [0.3, 0.4) is 0 Å². The first-order chi connectivity index (χ1) is 22.7. The average Bonchev–Trinajstić information content (AvgIpc) is 3.26. The fourth-order valence-corrected chi connectivity index (χ4v) is 7.36. The minimum Gasteiger partial charge on any atom is -0.459 e. The topological polar surface area (TPSA) is 105 Å². The normalized spacial score (nSPS) is 30.1. The van der Waals surface area contributed by atoms with Gasteiger partial charge in [0, 0.05) is 13.1 Å². The van der Waals surface area contributed by atoms with Gasteiger partial charge < -0.3 is 24.6 Å². The summed E-state index contributed by atoms with van der Waals surface area (Å²) in [6.07, 6.45) is 0.299. The van der Waals surface area contributed by atoms with Crippen molar-refractivity contribution in [1.82, 2.24) is 15.1 Å². The summed E-state index contributed by atoms with van der Waals surface area (Å²) in [7, 11) is 0. The lowest BCUT2D eigenvalue weighted by Crippen LogP contribution is -2.70. The number of benzene rings is 2. The Hall–Kier alpha value is -4.02. The molecule has 2 aromatic carbocycles. The largest absolute Gasteiger partial charge is 0.459 e. The molecule has 6 rings (SSSR count). The lowest BCUT2D eigenvalue weighted by Gasteiger charge is -2.47. The molecule has 4 aliphatic rings. The molecule has 11 heteroatoms. The zero-order valence-corrected chi connectivity index (χ0v) is 29.8. The zero-order chi connectivity index (χ0) is 36.2. The van der Waals surface area contributed by atoms with Crippen molar-refractivity contribution in [2.45, 2.75) is 121 Å². The number of rotatable bonds is 6. The molecule has 2 aliphatic heterocycles. The lowest BCUT2D eigenvalue weighted by atomic mass is 9.59. The van der Waals surface area contributed by atoms with Crippen LogP contribution in [0.4, 0.5) is 13.6 Å². The van der Waals surface area contributed by atoms with Gasteiger partial charge in [0.05, 0.1) is 12.1 Å². The number of halogens is 2. The highest BCUT2D eigenvalue weighted by Gasteiger charge is 2.76. The maximum Gasteiger partial charge on any atom is 0.408 e. The molecule has 6 atom stereocenters. The number of carbonyl (C=O) groups is 4. The van der Waals surface area contributed by atoms with Crippen LogP contribution in [-0.4, -0.2) is 74.8 Å². The second-order valence-electron chi connectivity index (χ2n) is 15.9. The summed E-state index contributed by atoms with van der Waals surface area (Å²) in [4.78, 5) is 53.3. The van der Waals surface area contributed by atoms with Gasteiger partial charge in [0.2, 0.25) is 11.3 Å². The first-order valence-corrected chi connectivity index (χ1v) is 17.0. The van der Waals surface area contributed by atoms with Crippen LogP contribution in [-0.2, 0) is 23.9 Å². The summed E-state index contributed by atoms with van der Waals surface area (Å²) in [5, 5.41) is 2.66. The van der Waals surface area contributed by atoms with Gasteiger partial charge in [-0.15, -0.1) is 0 Å².